The number of likely N-dealkylation sites (N-methyl/N-ethyl adjacent to an activating group) is 1. The van der Waals surface area contributed by atoms with E-state index in [4.69, 9.17) is 0 Å². The lowest BCUT2D eigenvalue weighted by Crippen LogP contribution is -2.57. The minimum Gasteiger partial charge on any atom is -0.314 e. The van der Waals surface area contributed by atoms with Crippen LogP contribution in [0.1, 0.15) is 52.9 Å². The van der Waals surface area contributed by atoms with Gasteiger partial charge in [0.05, 0.1) is 0 Å². The van der Waals surface area contributed by atoms with E-state index in [1.165, 1.54) is 38.8 Å². The summed E-state index contributed by atoms with van der Waals surface area (Å²) in [5.41, 5.74) is 0.197. The van der Waals surface area contributed by atoms with E-state index in [1.54, 1.807) is 0 Å². The van der Waals surface area contributed by atoms with Crippen molar-refractivity contribution in [1.82, 2.24) is 10.2 Å². The highest BCUT2D eigenvalue weighted by Gasteiger charge is 2.34. The van der Waals surface area contributed by atoms with Crippen molar-refractivity contribution in [2.24, 2.45) is 0 Å². The zero-order valence-electron chi connectivity index (χ0n) is 12.0. The molecule has 17 heavy (non-hydrogen) atoms. The van der Waals surface area contributed by atoms with E-state index < -0.39 is 0 Å². The fraction of sp³-hybridized carbons (Fsp3) is 0.867. The molecule has 0 amide bonds. The lowest BCUT2D eigenvalue weighted by atomic mass is 9.89. The Bertz CT molecular complexity index is 264. The number of nitrogens with one attached hydrogen (secondary N) is 1. The monoisotopic (exact) mass is 236 g/mol. The van der Waals surface area contributed by atoms with E-state index in [0.29, 0.717) is 6.04 Å². The molecule has 1 N–H and O–H groups in total. The average molecular weight is 236 g/mol. The molecule has 1 fully saturated rings. The highest BCUT2D eigenvalue weighted by atomic mass is 15.2. The summed E-state index contributed by atoms with van der Waals surface area (Å²) in [5, 5.41) is 3.45. The molecule has 98 valence electrons. The van der Waals surface area contributed by atoms with Gasteiger partial charge in [0.15, 0.2) is 0 Å². The van der Waals surface area contributed by atoms with Gasteiger partial charge in [0, 0.05) is 18.0 Å². The van der Waals surface area contributed by atoms with Crippen molar-refractivity contribution >= 4 is 0 Å². The third kappa shape index (κ3) is 4.01. The van der Waals surface area contributed by atoms with E-state index in [2.05, 4.69) is 43.0 Å². The molecular weight excluding hydrogens is 208 g/mol. The minimum atomic E-state index is 0.197. The SMILES string of the molecule is CC#CCC(NC)C(C)(C)N1CCCCCC1. The molecule has 2 heteroatoms. The molecule has 1 saturated heterocycles. The maximum absolute atomic E-state index is 3.45. The first-order chi connectivity index (χ1) is 8.12. The maximum atomic E-state index is 3.45. The molecule has 0 saturated carbocycles. The van der Waals surface area contributed by atoms with Gasteiger partial charge in [0.1, 0.15) is 0 Å². The van der Waals surface area contributed by atoms with Crippen LogP contribution in [0.25, 0.3) is 0 Å². The topological polar surface area (TPSA) is 15.3 Å². The molecule has 0 radical (unpaired) electrons. The van der Waals surface area contributed by atoms with E-state index in [9.17, 15) is 0 Å². The Morgan fingerprint density at radius 2 is 1.76 bits per heavy atom. The molecule has 1 rings (SSSR count). The van der Waals surface area contributed by atoms with Gasteiger partial charge in [-0.15, -0.1) is 11.8 Å². The summed E-state index contributed by atoms with van der Waals surface area (Å²) in [6.45, 7) is 9.12. The summed E-state index contributed by atoms with van der Waals surface area (Å²) in [6, 6.07) is 0.452. The molecule has 2 nitrogen and oxygen atoms in total. The number of rotatable bonds is 4. The summed E-state index contributed by atoms with van der Waals surface area (Å²) in [7, 11) is 2.06. The molecule has 0 aromatic carbocycles. The number of hydrogen-bond donors (Lipinski definition) is 1. The highest BCUT2D eigenvalue weighted by molar-refractivity contribution is 5.04. The van der Waals surface area contributed by atoms with Gasteiger partial charge in [-0.1, -0.05) is 12.8 Å². The zero-order valence-corrected chi connectivity index (χ0v) is 12.0. The standard InChI is InChI=1S/C15H28N2/c1-5-6-11-14(16-4)15(2,3)17-12-9-7-8-10-13-17/h14,16H,7-13H2,1-4H3. The Morgan fingerprint density at radius 1 is 1.18 bits per heavy atom. The first-order valence-electron chi connectivity index (χ1n) is 6.95. The first-order valence-corrected chi connectivity index (χ1v) is 6.95. The fourth-order valence-corrected chi connectivity index (χ4v) is 2.78. The average Bonchev–Trinajstić information content (AvgIpc) is 2.58. The van der Waals surface area contributed by atoms with Gasteiger partial charge in [-0.3, -0.25) is 4.90 Å². The van der Waals surface area contributed by atoms with Crippen LogP contribution in [0, 0.1) is 11.8 Å². The maximum Gasteiger partial charge on any atom is 0.0354 e. The van der Waals surface area contributed by atoms with Gasteiger partial charge in [0.25, 0.3) is 0 Å². The van der Waals surface area contributed by atoms with Crippen molar-refractivity contribution in [2.45, 2.75) is 64.5 Å². The predicted octanol–water partition coefficient (Wildman–Crippen LogP) is 2.64. The van der Waals surface area contributed by atoms with Gasteiger partial charge in [-0.2, -0.15) is 0 Å². The lowest BCUT2D eigenvalue weighted by molar-refractivity contribution is 0.0882. The van der Waals surface area contributed by atoms with E-state index in [1.807, 2.05) is 6.92 Å². The second-order valence-electron chi connectivity index (χ2n) is 5.53. The number of likely N-dealkylation sites (tertiary alicyclic amines) is 1. The van der Waals surface area contributed by atoms with Crippen LogP contribution in [0.5, 0.6) is 0 Å². The summed E-state index contributed by atoms with van der Waals surface area (Å²) < 4.78 is 0. The highest BCUT2D eigenvalue weighted by Crippen LogP contribution is 2.24. The normalized spacial score (nSPS) is 20.2. The van der Waals surface area contributed by atoms with Crippen molar-refractivity contribution in [1.29, 1.82) is 0 Å². The Balaban J connectivity index is 2.69. The molecule has 0 bridgehead atoms. The summed E-state index contributed by atoms with van der Waals surface area (Å²) in [5.74, 6) is 6.23. The van der Waals surface area contributed by atoms with Crippen LogP contribution < -0.4 is 5.32 Å². The molecule has 0 aromatic rings. The van der Waals surface area contributed by atoms with Crippen molar-refractivity contribution in [3.05, 3.63) is 0 Å². The van der Waals surface area contributed by atoms with Gasteiger partial charge >= 0.3 is 0 Å². The Kier molecular flexibility index (Phi) is 6.02. The summed E-state index contributed by atoms with van der Waals surface area (Å²) in [6.07, 6.45) is 6.42. The van der Waals surface area contributed by atoms with Crippen LogP contribution in [0.2, 0.25) is 0 Å². The van der Waals surface area contributed by atoms with Crippen LogP contribution in [-0.4, -0.2) is 36.6 Å². The Labute approximate surface area is 107 Å². The molecule has 1 atom stereocenters. The third-order valence-corrected chi connectivity index (χ3v) is 4.11. The van der Waals surface area contributed by atoms with Crippen LogP contribution in [0.3, 0.4) is 0 Å². The molecular formula is C15H28N2. The van der Waals surface area contributed by atoms with Gasteiger partial charge < -0.3 is 5.32 Å². The van der Waals surface area contributed by atoms with Crippen LogP contribution in [0.15, 0.2) is 0 Å². The quantitative estimate of drug-likeness (QED) is 0.755. The lowest BCUT2D eigenvalue weighted by Gasteiger charge is -2.43. The van der Waals surface area contributed by atoms with E-state index >= 15 is 0 Å². The van der Waals surface area contributed by atoms with Crippen LogP contribution in [-0.2, 0) is 0 Å². The second kappa shape index (κ2) is 7.03. The minimum absolute atomic E-state index is 0.197. The van der Waals surface area contributed by atoms with Gasteiger partial charge in [0.2, 0.25) is 0 Å². The van der Waals surface area contributed by atoms with Gasteiger partial charge in [-0.05, 0) is 53.8 Å². The van der Waals surface area contributed by atoms with Crippen molar-refractivity contribution in [2.75, 3.05) is 20.1 Å². The second-order valence-corrected chi connectivity index (χ2v) is 5.53. The third-order valence-electron chi connectivity index (χ3n) is 4.11. The summed E-state index contributed by atoms with van der Waals surface area (Å²) in [4.78, 5) is 2.65. The first kappa shape index (κ1) is 14.5. The van der Waals surface area contributed by atoms with Crippen LogP contribution in [0.4, 0.5) is 0 Å². The van der Waals surface area contributed by atoms with E-state index in [-0.39, 0.29) is 5.54 Å². The van der Waals surface area contributed by atoms with Crippen molar-refractivity contribution in [3.8, 4) is 11.8 Å². The molecule has 1 aliphatic heterocycles. The van der Waals surface area contributed by atoms with Crippen molar-refractivity contribution < 1.29 is 0 Å². The van der Waals surface area contributed by atoms with Gasteiger partial charge in [-0.25, -0.2) is 0 Å². The molecule has 1 heterocycles. The molecule has 1 aliphatic rings. The smallest absolute Gasteiger partial charge is 0.0354 e. The molecule has 0 spiro atoms. The van der Waals surface area contributed by atoms with E-state index in [0.717, 1.165) is 6.42 Å². The Hall–Kier alpha value is -0.520. The zero-order chi connectivity index (χ0) is 12.7. The number of hydrogen-bond acceptors (Lipinski definition) is 2. The number of nitrogens with zero attached hydrogens (tertiary/aromatic N) is 1. The largest absolute Gasteiger partial charge is 0.314 e. The fourth-order valence-electron chi connectivity index (χ4n) is 2.78. The van der Waals surface area contributed by atoms with Crippen LogP contribution >= 0.6 is 0 Å². The summed E-state index contributed by atoms with van der Waals surface area (Å²) >= 11 is 0. The predicted molar refractivity (Wildman–Crippen MR) is 75.0 cm³/mol. The molecule has 0 aliphatic carbocycles. The van der Waals surface area contributed by atoms with Crippen molar-refractivity contribution in [3.63, 3.8) is 0 Å². The Morgan fingerprint density at radius 3 is 2.24 bits per heavy atom. The molecule has 0 aromatic heterocycles. The molecule has 1 unspecified atom stereocenters.